The molecule has 2 aromatic heterocycles. The van der Waals surface area contributed by atoms with Crippen LogP contribution in [-0.4, -0.2) is 20.2 Å². The topological polar surface area (TPSA) is 67.6 Å². The maximum absolute atomic E-state index is 5.69. The highest BCUT2D eigenvalue weighted by Crippen LogP contribution is 2.18. The predicted octanol–water partition coefficient (Wildman–Crippen LogP) is 3.20. The number of imidazole rings is 1. The summed E-state index contributed by atoms with van der Waals surface area (Å²) in [6.45, 7) is 0. The maximum Gasteiger partial charge on any atom is 0.247 e. The molecule has 0 saturated heterocycles. The number of aromatic nitrogens is 4. The van der Waals surface area contributed by atoms with Gasteiger partial charge in [0.1, 0.15) is 5.82 Å². The summed E-state index contributed by atoms with van der Waals surface area (Å²) in [5, 5.41) is 8.16. The Hall–Kier alpha value is -2.95. The molecule has 0 unspecified atom stereocenters. The van der Waals surface area contributed by atoms with Crippen LogP contribution in [0.2, 0.25) is 0 Å². The van der Waals surface area contributed by atoms with Crippen LogP contribution in [0.1, 0.15) is 11.7 Å². The lowest BCUT2D eigenvalue weighted by Gasteiger charge is -1.92. The molecule has 0 amide bonds. The van der Waals surface area contributed by atoms with Gasteiger partial charge in [-0.2, -0.15) is 0 Å². The van der Waals surface area contributed by atoms with Gasteiger partial charge in [0, 0.05) is 5.56 Å². The van der Waals surface area contributed by atoms with E-state index in [1.165, 1.54) is 0 Å². The lowest BCUT2D eigenvalue weighted by Crippen LogP contribution is -1.90. The normalized spacial score (nSPS) is 11.0. The summed E-state index contributed by atoms with van der Waals surface area (Å²) in [5.41, 5.74) is 2.87. The van der Waals surface area contributed by atoms with E-state index in [0.717, 1.165) is 22.4 Å². The second-order valence-corrected chi connectivity index (χ2v) is 4.74. The van der Waals surface area contributed by atoms with E-state index >= 15 is 0 Å². The van der Waals surface area contributed by atoms with Gasteiger partial charge < -0.3 is 9.40 Å². The number of benzene rings is 2. The first kappa shape index (κ1) is 11.8. The number of H-pyrrole nitrogens is 1. The Morgan fingerprint density at radius 3 is 2.57 bits per heavy atom. The summed E-state index contributed by atoms with van der Waals surface area (Å²) in [6, 6.07) is 17.6. The molecule has 0 radical (unpaired) electrons. The van der Waals surface area contributed by atoms with Gasteiger partial charge in [-0.1, -0.05) is 30.3 Å². The molecule has 5 nitrogen and oxygen atoms in total. The van der Waals surface area contributed by atoms with Crippen LogP contribution >= 0.6 is 0 Å². The molecule has 4 rings (SSSR count). The van der Waals surface area contributed by atoms with Gasteiger partial charge in [-0.15, -0.1) is 10.2 Å². The van der Waals surface area contributed by atoms with Gasteiger partial charge in [0.25, 0.3) is 0 Å². The summed E-state index contributed by atoms with van der Waals surface area (Å²) in [4.78, 5) is 7.76. The van der Waals surface area contributed by atoms with Gasteiger partial charge in [-0.3, -0.25) is 0 Å². The van der Waals surface area contributed by atoms with E-state index in [0.29, 0.717) is 18.2 Å². The van der Waals surface area contributed by atoms with Gasteiger partial charge in [-0.05, 0) is 24.3 Å². The Morgan fingerprint density at radius 2 is 1.71 bits per heavy atom. The van der Waals surface area contributed by atoms with Gasteiger partial charge in [-0.25, -0.2) is 4.98 Å². The summed E-state index contributed by atoms with van der Waals surface area (Å²) in [5.74, 6) is 1.90. The molecule has 0 aliphatic heterocycles. The van der Waals surface area contributed by atoms with E-state index < -0.39 is 0 Å². The van der Waals surface area contributed by atoms with Crippen LogP contribution in [0.3, 0.4) is 0 Å². The Kier molecular flexibility index (Phi) is 2.74. The van der Waals surface area contributed by atoms with Crippen LogP contribution in [0.15, 0.2) is 59.0 Å². The minimum absolute atomic E-state index is 0.495. The van der Waals surface area contributed by atoms with E-state index in [4.69, 9.17) is 4.42 Å². The quantitative estimate of drug-likeness (QED) is 0.624. The highest BCUT2D eigenvalue weighted by Gasteiger charge is 2.11. The van der Waals surface area contributed by atoms with Crippen LogP contribution in [-0.2, 0) is 6.42 Å². The van der Waals surface area contributed by atoms with Crippen LogP contribution in [0, 0.1) is 0 Å². The fourth-order valence-corrected chi connectivity index (χ4v) is 2.26. The molecule has 0 bridgehead atoms. The van der Waals surface area contributed by atoms with Crippen molar-refractivity contribution >= 4 is 11.0 Å². The fraction of sp³-hybridized carbons (Fsp3) is 0.0625. The largest absolute Gasteiger partial charge is 0.420 e. The number of nitrogens with one attached hydrogen (secondary N) is 1. The summed E-state index contributed by atoms with van der Waals surface area (Å²) in [6.07, 6.45) is 0.495. The first-order valence-electron chi connectivity index (χ1n) is 6.70. The average molecular weight is 276 g/mol. The van der Waals surface area contributed by atoms with Crippen molar-refractivity contribution in [3.05, 3.63) is 66.3 Å². The highest BCUT2D eigenvalue weighted by atomic mass is 16.4. The molecule has 1 N–H and O–H groups in total. The number of hydrogen-bond donors (Lipinski definition) is 1. The summed E-state index contributed by atoms with van der Waals surface area (Å²) < 4.78 is 5.69. The molecule has 0 spiro atoms. The van der Waals surface area contributed by atoms with Crippen LogP contribution < -0.4 is 0 Å². The molecule has 2 heterocycles. The molecule has 2 aromatic carbocycles. The molecular weight excluding hydrogens is 264 g/mol. The zero-order chi connectivity index (χ0) is 14.1. The van der Waals surface area contributed by atoms with E-state index in [1.54, 1.807) is 0 Å². The van der Waals surface area contributed by atoms with E-state index in [9.17, 15) is 0 Å². The second-order valence-electron chi connectivity index (χ2n) is 4.74. The number of para-hydroxylation sites is 2. The zero-order valence-electron chi connectivity index (χ0n) is 11.2. The molecule has 0 aliphatic carbocycles. The Balaban J connectivity index is 1.61. The number of rotatable bonds is 3. The van der Waals surface area contributed by atoms with Crippen LogP contribution in [0.5, 0.6) is 0 Å². The molecule has 0 fully saturated rings. The van der Waals surface area contributed by atoms with Crippen molar-refractivity contribution in [2.45, 2.75) is 6.42 Å². The van der Waals surface area contributed by atoms with E-state index in [1.807, 2.05) is 54.6 Å². The van der Waals surface area contributed by atoms with Gasteiger partial charge >= 0.3 is 0 Å². The predicted molar refractivity (Wildman–Crippen MR) is 78.6 cm³/mol. The second kappa shape index (κ2) is 4.86. The molecule has 21 heavy (non-hydrogen) atoms. The smallest absolute Gasteiger partial charge is 0.247 e. The lowest BCUT2D eigenvalue weighted by atomic mass is 10.2. The van der Waals surface area contributed by atoms with Crippen molar-refractivity contribution < 1.29 is 4.42 Å². The molecular formula is C16H12N4O. The number of hydrogen-bond acceptors (Lipinski definition) is 4. The maximum atomic E-state index is 5.69. The standard InChI is InChI=1S/C16H12N4O/c1-2-6-11(7-3-1)16-20-19-15(21-16)10-14-17-12-8-4-5-9-13(12)18-14/h1-9H,10H2,(H,17,18). The summed E-state index contributed by atoms with van der Waals surface area (Å²) >= 11 is 0. The number of fused-ring (bicyclic) bond motifs is 1. The number of aromatic amines is 1. The molecule has 4 aromatic rings. The van der Waals surface area contributed by atoms with Crippen molar-refractivity contribution in [3.8, 4) is 11.5 Å². The first-order chi connectivity index (χ1) is 10.4. The summed E-state index contributed by atoms with van der Waals surface area (Å²) in [7, 11) is 0. The molecule has 0 atom stereocenters. The fourth-order valence-electron chi connectivity index (χ4n) is 2.26. The average Bonchev–Trinajstić information content (AvgIpc) is 3.14. The Labute approximate surface area is 120 Å². The minimum Gasteiger partial charge on any atom is -0.420 e. The van der Waals surface area contributed by atoms with Gasteiger partial charge in [0.2, 0.25) is 11.8 Å². The SMILES string of the molecule is c1ccc(-c2nnc(Cc3nc4ccccc4[nH]3)o2)cc1. The lowest BCUT2D eigenvalue weighted by molar-refractivity contribution is 0.515. The third kappa shape index (κ3) is 2.29. The number of nitrogens with zero attached hydrogens (tertiary/aromatic N) is 3. The van der Waals surface area contributed by atoms with E-state index in [-0.39, 0.29) is 0 Å². The Bertz CT molecular complexity index is 846. The first-order valence-corrected chi connectivity index (χ1v) is 6.70. The van der Waals surface area contributed by atoms with Crippen molar-refractivity contribution in [1.29, 1.82) is 0 Å². The molecule has 0 aliphatic rings. The highest BCUT2D eigenvalue weighted by molar-refractivity contribution is 5.74. The molecule has 102 valence electrons. The van der Waals surface area contributed by atoms with Crippen molar-refractivity contribution in [1.82, 2.24) is 20.2 Å². The van der Waals surface area contributed by atoms with Crippen LogP contribution in [0.4, 0.5) is 0 Å². The van der Waals surface area contributed by atoms with Gasteiger partial charge in [0.15, 0.2) is 0 Å². The molecule has 0 saturated carbocycles. The van der Waals surface area contributed by atoms with E-state index in [2.05, 4.69) is 20.2 Å². The third-order valence-electron chi connectivity index (χ3n) is 3.24. The minimum atomic E-state index is 0.495. The van der Waals surface area contributed by atoms with Crippen molar-refractivity contribution in [2.24, 2.45) is 0 Å². The third-order valence-corrected chi connectivity index (χ3v) is 3.24. The van der Waals surface area contributed by atoms with Crippen molar-refractivity contribution in [3.63, 3.8) is 0 Å². The zero-order valence-corrected chi connectivity index (χ0v) is 11.2. The van der Waals surface area contributed by atoms with Crippen molar-refractivity contribution in [2.75, 3.05) is 0 Å². The monoisotopic (exact) mass is 276 g/mol. The van der Waals surface area contributed by atoms with Crippen LogP contribution in [0.25, 0.3) is 22.5 Å². The van der Waals surface area contributed by atoms with Gasteiger partial charge in [0.05, 0.1) is 17.5 Å². The molecule has 5 heteroatoms. The Morgan fingerprint density at radius 1 is 0.905 bits per heavy atom.